The van der Waals surface area contributed by atoms with Crippen LogP contribution in [-0.2, 0) is 9.59 Å². The number of nitrogens with one attached hydrogen (secondary N) is 3. The minimum absolute atomic E-state index is 0.0636. The number of para-hydroxylation sites is 1. The monoisotopic (exact) mass is 256 g/mol. The average molecular weight is 256 g/mol. The second-order valence-corrected chi connectivity index (χ2v) is 3.40. The summed E-state index contributed by atoms with van der Waals surface area (Å²) in [4.78, 5) is 26.8. The van der Waals surface area contributed by atoms with Crippen molar-refractivity contribution in [3.05, 3.63) is 36.2 Å². The molecule has 3 N–H and O–H groups in total. The van der Waals surface area contributed by atoms with Crippen LogP contribution in [0.25, 0.3) is 0 Å². The number of carbonyl (C=O) groups is 2. The lowest BCUT2D eigenvalue weighted by Gasteiger charge is -2.05. The van der Waals surface area contributed by atoms with Crippen molar-refractivity contribution in [2.45, 2.75) is 0 Å². The van der Waals surface area contributed by atoms with E-state index in [4.69, 9.17) is 5.26 Å². The maximum Gasteiger partial charge on any atom is 0.316 e. The van der Waals surface area contributed by atoms with Crippen LogP contribution in [0.1, 0.15) is 5.56 Å². The summed E-state index contributed by atoms with van der Waals surface area (Å²) in [7, 11) is 0. The molecule has 19 heavy (non-hydrogen) atoms. The van der Waals surface area contributed by atoms with Gasteiger partial charge in [-0.3, -0.25) is 14.9 Å². The lowest BCUT2D eigenvalue weighted by Crippen LogP contribution is -2.29. The molecule has 1 heterocycles. The van der Waals surface area contributed by atoms with Gasteiger partial charge in [0.25, 0.3) is 0 Å². The molecular formula is C11H8N6O2. The molecule has 94 valence electrons. The molecule has 8 heteroatoms. The Morgan fingerprint density at radius 1 is 1.21 bits per heavy atom. The summed E-state index contributed by atoms with van der Waals surface area (Å²) in [5.41, 5.74) is 0.533. The molecule has 0 fully saturated rings. The fraction of sp³-hybridized carbons (Fsp3) is 0. The third-order valence-corrected chi connectivity index (χ3v) is 2.15. The first-order valence-electron chi connectivity index (χ1n) is 5.17. The highest BCUT2D eigenvalue weighted by atomic mass is 16.2. The zero-order valence-electron chi connectivity index (χ0n) is 9.54. The predicted molar refractivity (Wildman–Crippen MR) is 64.8 cm³/mol. The van der Waals surface area contributed by atoms with Crippen LogP contribution in [0, 0.1) is 11.3 Å². The number of hydrogen-bond donors (Lipinski definition) is 3. The maximum absolute atomic E-state index is 11.6. The van der Waals surface area contributed by atoms with Crippen LogP contribution in [-0.4, -0.2) is 27.0 Å². The van der Waals surface area contributed by atoms with Gasteiger partial charge in [-0.25, -0.2) is 5.10 Å². The number of hydrogen-bond acceptors (Lipinski definition) is 5. The summed E-state index contributed by atoms with van der Waals surface area (Å²) in [6.45, 7) is 0. The second kappa shape index (κ2) is 5.42. The van der Waals surface area contributed by atoms with E-state index < -0.39 is 11.8 Å². The van der Waals surface area contributed by atoms with Crippen molar-refractivity contribution in [1.82, 2.24) is 15.2 Å². The summed E-state index contributed by atoms with van der Waals surface area (Å²) in [5, 5.41) is 19.3. The minimum Gasteiger partial charge on any atom is -0.317 e. The standard InChI is InChI=1S/C11H8N6O2/c12-5-7-3-1-2-4-8(7)15-9(18)10(19)16-11-13-6-14-17-11/h1-4,6H,(H,15,18)(H2,13,14,16,17,19). The molecule has 0 aliphatic carbocycles. The molecule has 0 spiro atoms. The topological polar surface area (TPSA) is 124 Å². The molecule has 0 saturated heterocycles. The molecule has 1 aromatic carbocycles. The Labute approximate surface area is 107 Å². The van der Waals surface area contributed by atoms with E-state index in [-0.39, 0.29) is 17.2 Å². The molecule has 8 nitrogen and oxygen atoms in total. The molecule has 0 radical (unpaired) electrons. The highest BCUT2D eigenvalue weighted by molar-refractivity contribution is 6.43. The van der Waals surface area contributed by atoms with Crippen LogP contribution in [0.4, 0.5) is 11.6 Å². The summed E-state index contributed by atoms with van der Waals surface area (Å²) < 4.78 is 0. The van der Waals surface area contributed by atoms with Gasteiger partial charge in [-0.15, -0.1) is 0 Å². The van der Waals surface area contributed by atoms with Crippen molar-refractivity contribution in [3.63, 3.8) is 0 Å². The molecule has 2 aromatic rings. The average Bonchev–Trinajstić information content (AvgIpc) is 2.92. The van der Waals surface area contributed by atoms with E-state index in [2.05, 4.69) is 25.8 Å². The summed E-state index contributed by atoms with van der Waals surface area (Å²) in [5.74, 6) is -1.75. The Hall–Kier alpha value is -3.21. The van der Waals surface area contributed by atoms with E-state index in [1.165, 1.54) is 18.5 Å². The molecular weight excluding hydrogens is 248 g/mol. The van der Waals surface area contributed by atoms with Gasteiger partial charge in [0.2, 0.25) is 5.95 Å². The largest absolute Gasteiger partial charge is 0.317 e. The number of H-pyrrole nitrogens is 1. The fourth-order valence-electron chi connectivity index (χ4n) is 1.30. The summed E-state index contributed by atoms with van der Waals surface area (Å²) in [6.07, 6.45) is 1.19. The van der Waals surface area contributed by atoms with Crippen LogP contribution >= 0.6 is 0 Å². The molecule has 0 aliphatic rings. The van der Waals surface area contributed by atoms with Gasteiger partial charge in [0.15, 0.2) is 0 Å². The van der Waals surface area contributed by atoms with Crippen molar-refractivity contribution in [2.75, 3.05) is 10.6 Å². The van der Waals surface area contributed by atoms with Crippen LogP contribution in [0.15, 0.2) is 30.6 Å². The lowest BCUT2D eigenvalue weighted by atomic mass is 10.2. The van der Waals surface area contributed by atoms with Gasteiger partial charge in [-0.05, 0) is 12.1 Å². The fourth-order valence-corrected chi connectivity index (χ4v) is 1.30. The van der Waals surface area contributed by atoms with Crippen molar-refractivity contribution < 1.29 is 9.59 Å². The van der Waals surface area contributed by atoms with E-state index in [9.17, 15) is 9.59 Å². The first-order valence-corrected chi connectivity index (χ1v) is 5.17. The highest BCUT2D eigenvalue weighted by Crippen LogP contribution is 2.13. The second-order valence-electron chi connectivity index (χ2n) is 3.40. The van der Waals surface area contributed by atoms with Crippen LogP contribution < -0.4 is 10.6 Å². The van der Waals surface area contributed by atoms with Gasteiger partial charge in [0.1, 0.15) is 12.4 Å². The van der Waals surface area contributed by atoms with E-state index >= 15 is 0 Å². The number of benzene rings is 1. The minimum atomic E-state index is -0.913. The summed E-state index contributed by atoms with van der Waals surface area (Å²) >= 11 is 0. The molecule has 0 atom stereocenters. The number of carbonyl (C=O) groups excluding carboxylic acids is 2. The van der Waals surface area contributed by atoms with Gasteiger partial charge in [-0.2, -0.15) is 15.3 Å². The van der Waals surface area contributed by atoms with Gasteiger partial charge in [0.05, 0.1) is 11.3 Å². The molecule has 1 aromatic heterocycles. The summed E-state index contributed by atoms with van der Waals surface area (Å²) in [6, 6.07) is 8.27. The number of nitrogens with zero attached hydrogens (tertiary/aromatic N) is 3. The van der Waals surface area contributed by atoms with Gasteiger partial charge in [-0.1, -0.05) is 12.1 Å². The molecule has 0 unspecified atom stereocenters. The first-order chi connectivity index (χ1) is 9.20. The molecule has 2 rings (SSSR count). The lowest BCUT2D eigenvalue weighted by molar-refractivity contribution is -0.133. The normalized spacial score (nSPS) is 9.42. The highest BCUT2D eigenvalue weighted by Gasteiger charge is 2.16. The Bertz CT molecular complexity index is 643. The van der Waals surface area contributed by atoms with Crippen molar-refractivity contribution >= 4 is 23.5 Å². The van der Waals surface area contributed by atoms with E-state index in [1.807, 2.05) is 6.07 Å². The molecule has 0 saturated carbocycles. The van der Waals surface area contributed by atoms with Gasteiger partial charge in [0, 0.05) is 0 Å². The van der Waals surface area contributed by atoms with Crippen LogP contribution in [0.3, 0.4) is 0 Å². The van der Waals surface area contributed by atoms with E-state index in [1.54, 1.807) is 12.1 Å². The van der Waals surface area contributed by atoms with Crippen molar-refractivity contribution in [2.24, 2.45) is 0 Å². The number of nitriles is 1. The number of anilines is 2. The Kier molecular flexibility index (Phi) is 3.49. The predicted octanol–water partition coefficient (Wildman–Crippen LogP) is 0.254. The number of aromatic nitrogens is 3. The Morgan fingerprint density at radius 2 is 1.95 bits per heavy atom. The van der Waals surface area contributed by atoms with Gasteiger partial charge >= 0.3 is 11.8 Å². The van der Waals surface area contributed by atoms with Crippen LogP contribution in [0.5, 0.6) is 0 Å². The third kappa shape index (κ3) is 2.92. The smallest absolute Gasteiger partial charge is 0.316 e. The zero-order valence-corrected chi connectivity index (χ0v) is 9.54. The number of amides is 2. The zero-order chi connectivity index (χ0) is 13.7. The molecule has 2 amide bonds. The molecule has 0 bridgehead atoms. The first kappa shape index (κ1) is 12.3. The van der Waals surface area contributed by atoms with Crippen molar-refractivity contribution in [1.29, 1.82) is 5.26 Å². The number of aromatic amines is 1. The SMILES string of the molecule is N#Cc1ccccc1NC(=O)C(=O)Nc1ncn[nH]1. The quantitative estimate of drug-likeness (QED) is 0.664. The maximum atomic E-state index is 11.6. The Morgan fingerprint density at radius 3 is 2.63 bits per heavy atom. The van der Waals surface area contributed by atoms with Gasteiger partial charge < -0.3 is 5.32 Å². The third-order valence-electron chi connectivity index (χ3n) is 2.15. The van der Waals surface area contributed by atoms with Crippen LogP contribution in [0.2, 0.25) is 0 Å². The Balaban J connectivity index is 2.05. The van der Waals surface area contributed by atoms with Crippen molar-refractivity contribution in [3.8, 4) is 6.07 Å². The number of rotatable bonds is 2. The molecule has 0 aliphatic heterocycles. The van der Waals surface area contributed by atoms with E-state index in [0.717, 1.165) is 0 Å². The van der Waals surface area contributed by atoms with E-state index in [0.29, 0.717) is 0 Å².